The fourth-order valence-corrected chi connectivity index (χ4v) is 3.29. The fraction of sp³-hybridized carbons (Fsp3) is 0.846. The van der Waals surface area contributed by atoms with Crippen LogP contribution in [0, 0.1) is 11.3 Å². The van der Waals surface area contributed by atoms with Crippen molar-refractivity contribution in [2.75, 3.05) is 6.61 Å². The molecule has 0 aromatic carbocycles. The van der Waals surface area contributed by atoms with Crippen LogP contribution >= 0.6 is 0 Å². The first kappa shape index (κ1) is 14.3. The first-order valence-corrected chi connectivity index (χ1v) is 6.58. The lowest BCUT2D eigenvalue weighted by Gasteiger charge is -2.61. The molecule has 1 aliphatic heterocycles. The van der Waals surface area contributed by atoms with Gasteiger partial charge in [-0.25, -0.2) is 0 Å². The lowest BCUT2D eigenvalue weighted by Crippen LogP contribution is -2.81. The average molecular weight is 269 g/mol. The highest BCUT2D eigenvalue weighted by Crippen LogP contribution is 2.58. The second-order valence-corrected chi connectivity index (χ2v) is 6.72. The molecule has 19 heavy (non-hydrogen) atoms. The van der Waals surface area contributed by atoms with E-state index in [-0.39, 0.29) is 17.9 Å². The number of carbonyl (C=O) groups is 2. The van der Waals surface area contributed by atoms with Crippen LogP contribution in [-0.2, 0) is 14.3 Å². The van der Waals surface area contributed by atoms with Crippen molar-refractivity contribution < 1.29 is 14.3 Å². The van der Waals surface area contributed by atoms with Crippen molar-refractivity contribution in [2.45, 2.75) is 51.3 Å². The van der Waals surface area contributed by atoms with E-state index in [9.17, 15) is 9.59 Å². The quantitative estimate of drug-likeness (QED) is 0.642. The molecule has 3 unspecified atom stereocenters. The van der Waals surface area contributed by atoms with Gasteiger partial charge in [0.15, 0.2) is 0 Å². The Morgan fingerprint density at radius 1 is 1.37 bits per heavy atom. The van der Waals surface area contributed by atoms with E-state index in [0.29, 0.717) is 6.61 Å². The van der Waals surface area contributed by atoms with E-state index < -0.39 is 22.4 Å². The Kier molecular flexibility index (Phi) is 2.95. The van der Waals surface area contributed by atoms with Crippen molar-refractivity contribution in [1.29, 1.82) is 0 Å². The van der Waals surface area contributed by atoms with Gasteiger partial charge in [0, 0.05) is 17.9 Å². The summed E-state index contributed by atoms with van der Waals surface area (Å²) in [5, 5.41) is 2.67. The van der Waals surface area contributed by atoms with Crippen LogP contribution in [0.25, 0.3) is 0 Å². The Morgan fingerprint density at radius 3 is 2.47 bits per heavy atom. The third-order valence-corrected chi connectivity index (χ3v) is 4.87. The van der Waals surface area contributed by atoms with Crippen LogP contribution < -0.4 is 16.8 Å². The third-order valence-electron chi connectivity index (χ3n) is 4.87. The van der Waals surface area contributed by atoms with Crippen LogP contribution in [0.3, 0.4) is 0 Å². The molecular weight excluding hydrogens is 246 g/mol. The molecule has 1 saturated heterocycles. The zero-order valence-corrected chi connectivity index (χ0v) is 11.9. The van der Waals surface area contributed by atoms with Crippen LogP contribution in [-0.4, -0.2) is 35.6 Å². The summed E-state index contributed by atoms with van der Waals surface area (Å²) in [7, 11) is 0. The Bertz CT molecular complexity index is 433. The smallest absolute Gasteiger partial charge is 0.242 e. The minimum Gasteiger partial charge on any atom is -0.377 e. The van der Waals surface area contributed by atoms with Gasteiger partial charge >= 0.3 is 0 Å². The summed E-state index contributed by atoms with van der Waals surface area (Å²) in [5.74, 6) is -0.903. The molecule has 108 valence electrons. The molecule has 1 heterocycles. The molecule has 0 spiro atoms. The van der Waals surface area contributed by atoms with Crippen LogP contribution in [0.5, 0.6) is 0 Å². The monoisotopic (exact) mass is 269 g/mol. The van der Waals surface area contributed by atoms with Gasteiger partial charge in [-0.2, -0.15) is 0 Å². The number of nitrogens with two attached hydrogens (primary N) is 2. The lowest BCUT2D eigenvalue weighted by molar-refractivity contribution is -0.177. The van der Waals surface area contributed by atoms with E-state index in [4.69, 9.17) is 16.2 Å². The molecule has 6 nitrogen and oxygen atoms in total. The highest BCUT2D eigenvalue weighted by atomic mass is 16.5. The Morgan fingerprint density at radius 2 is 1.95 bits per heavy atom. The standard InChI is InChI=1S/C13H23N3O3/c1-11(2)8-7(5-6-19-8)13(11,15)10(18)16-12(3,4)9(14)17/h7-8H,5-6,15H2,1-4H3,(H2,14,17)(H,16,18). The molecule has 0 aromatic rings. The van der Waals surface area contributed by atoms with E-state index in [1.807, 2.05) is 13.8 Å². The number of nitrogens with one attached hydrogen (secondary N) is 1. The zero-order chi connectivity index (χ0) is 14.6. The van der Waals surface area contributed by atoms with Crippen LogP contribution in [0.1, 0.15) is 34.1 Å². The second kappa shape index (κ2) is 3.93. The zero-order valence-electron chi connectivity index (χ0n) is 11.9. The molecule has 2 aliphatic rings. The predicted octanol–water partition coefficient (Wildman–Crippen LogP) is -0.491. The summed E-state index contributed by atoms with van der Waals surface area (Å²) in [6.07, 6.45) is 0.787. The van der Waals surface area contributed by atoms with E-state index >= 15 is 0 Å². The van der Waals surface area contributed by atoms with Crippen molar-refractivity contribution >= 4 is 11.8 Å². The maximum absolute atomic E-state index is 12.5. The molecule has 0 bridgehead atoms. The molecule has 3 atom stereocenters. The van der Waals surface area contributed by atoms with E-state index in [1.165, 1.54) is 0 Å². The van der Waals surface area contributed by atoms with Crippen molar-refractivity contribution in [3.8, 4) is 0 Å². The van der Waals surface area contributed by atoms with Crippen molar-refractivity contribution in [3.05, 3.63) is 0 Å². The highest BCUT2D eigenvalue weighted by Gasteiger charge is 2.71. The van der Waals surface area contributed by atoms with Gasteiger partial charge in [0.25, 0.3) is 0 Å². The maximum atomic E-state index is 12.5. The summed E-state index contributed by atoms with van der Waals surface area (Å²) in [5.41, 5.74) is 9.08. The molecule has 1 aliphatic carbocycles. The number of carbonyl (C=O) groups excluding carboxylic acids is 2. The molecule has 1 saturated carbocycles. The topological polar surface area (TPSA) is 107 Å². The number of fused-ring (bicyclic) bond motifs is 1. The van der Waals surface area contributed by atoms with Crippen molar-refractivity contribution in [2.24, 2.45) is 22.8 Å². The fourth-order valence-electron chi connectivity index (χ4n) is 3.29. The summed E-state index contributed by atoms with van der Waals surface area (Å²) >= 11 is 0. The van der Waals surface area contributed by atoms with E-state index in [0.717, 1.165) is 6.42 Å². The molecule has 5 N–H and O–H groups in total. The number of primary amides is 1. The van der Waals surface area contributed by atoms with Gasteiger partial charge in [-0.05, 0) is 20.3 Å². The van der Waals surface area contributed by atoms with Gasteiger partial charge in [0.2, 0.25) is 11.8 Å². The number of hydrogen-bond donors (Lipinski definition) is 3. The molecule has 2 rings (SSSR count). The van der Waals surface area contributed by atoms with Crippen LogP contribution in [0.4, 0.5) is 0 Å². The lowest BCUT2D eigenvalue weighted by atomic mass is 9.48. The summed E-state index contributed by atoms with van der Waals surface area (Å²) < 4.78 is 5.64. The molecular formula is C13H23N3O3. The number of rotatable bonds is 3. The van der Waals surface area contributed by atoms with Crippen LogP contribution in [0.2, 0.25) is 0 Å². The first-order valence-electron chi connectivity index (χ1n) is 6.58. The average Bonchev–Trinajstić information content (AvgIpc) is 2.74. The molecule has 6 heteroatoms. The van der Waals surface area contributed by atoms with E-state index in [2.05, 4.69) is 5.32 Å². The largest absolute Gasteiger partial charge is 0.377 e. The minimum absolute atomic E-state index is 0.00572. The number of ether oxygens (including phenoxy) is 1. The number of hydrogen-bond acceptors (Lipinski definition) is 4. The summed E-state index contributed by atoms with van der Waals surface area (Å²) in [6, 6.07) is 0. The third kappa shape index (κ3) is 1.70. The minimum atomic E-state index is -1.11. The van der Waals surface area contributed by atoms with Crippen molar-refractivity contribution in [3.63, 3.8) is 0 Å². The maximum Gasteiger partial charge on any atom is 0.242 e. The molecule has 2 fully saturated rings. The Balaban J connectivity index is 2.21. The molecule has 0 radical (unpaired) electrons. The van der Waals surface area contributed by atoms with Gasteiger partial charge in [-0.3, -0.25) is 9.59 Å². The van der Waals surface area contributed by atoms with Gasteiger partial charge in [-0.1, -0.05) is 13.8 Å². The predicted molar refractivity (Wildman–Crippen MR) is 70.0 cm³/mol. The highest BCUT2D eigenvalue weighted by molar-refractivity contribution is 5.95. The molecule has 2 amide bonds. The van der Waals surface area contributed by atoms with E-state index in [1.54, 1.807) is 13.8 Å². The van der Waals surface area contributed by atoms with Gasteiger partial charge < -0.3 is 21.5 Å². The number of amides is 2. The van der Waals surface area contributed by atoms with Crippen LogP contribution in [0.15, 0.2) is 0 Å². The molecule has 0 aromatic heterocycles. The normalized spacial score (nSPS) is 36.3. The SMILES string of the molecule is CC(C)(NC(=O)C1(N)C2CCOC2C1(C)C)C(N)=O. The summed E-state index contributed by atoms with van der Waals surface area (Å²) in [4.78, 5) is 23.8. The van der Waals surface area contributed by atoms with Gasteiger partial charge in [-0.15, -0.1) is 0 Å². The van der Waals surface area contributed by atoms with Gasteiger partial charge in [0.1, 0.15) is 11.1 Å². The Labute approximate surface area is 113 Å². The van der Waals surface area contributed by atoms with Crippen molar-refractivity contribution in [1.82, 2.24) is 5.32 Å². The summed E-state index contributed by atoms with van der Waals surface area (Å²) in [6.45, 7) is 7.63. The van der Waals surface area contributed by atoms with Gasteiger partial charge in [0.05, 0.1) is 6.10 Å². The Hall–Kier alpha value is -1.14. The first-order chi connectivity index (χ1) is 8.55. The second-order valence-electron chi connectivity index (χ2n) is 6.72.